The van der Waals surface area contributed by atoms with Crippen LogP contribution in [0.25, 0.3) is 0 Å². The summed E-state index contributed by atoms with van der Waals surface area (Å²) in [6, 6.07) is 3.46. The molecule has 7 atom stereocenters. The number of ketones is 5. The molecule has 7 unspecified atom stereocenters. The van der Waals surface area contributed by atoms with Gasteiger partial charge in [-0.2, -0.15) is 0 Å². The van der Waals surface area contributed by atoms with Gasteiger partial charge in [0.25, 0.3) is 0 Å². The van der Waals surface area contributed by atoms with Crippen molar-refractivity contribution in [2.75, 3.05) is 6.54 Å². The second-order valence-electron chi connectivity index (χ2n) is 8.73. The van der Waals surface area contributed by atoms with Crippen LogP contribution in [0.1, 0.15) is 22.8 Å². The lowest BCUT2D eigenvalue weighted by atomic mass is 9.43. The van der Waals surface area contributed by atoms with Crippen LogP contribution in [-0.4, -0.2) is 62.9 Å². The zero-order chi connectivity index (χ0) is 21.7. The molecule has 1 aromatic rings. The van der Waals surface area contributed by atoms with E-state index < -0.39 is 69.8 Å². The Morgan fingerprint density at radius 3 is 2.50 bits per heavy atom. The van der Waals surface area contributed by atoms with Gasteiger partial charge in [-0.1, -0.05) is 12.1 Å². The molecule has 9 heteroatoms. The van der Waals surface area contributed by atoms with Crippen molar-refractivity contribution in [3.05, 3.63) is 29.3 Å². The summed E-state index contributed by atoms with van der Waals surface area (Å²) in [6.45, 7) is 1.13. The van der Waals surface area contributed by atoms with E-state index >= 15 is 0 Å². The van der Waals surface area contributed by atoms with E-state index in [1.54, 1.807) is 12.1 Å². The molecule has 3 aliphatic carbocycles. The monoisotopic (exact) mass is 412 g/mol. The van der Waals surface area contributed by atoms with E-state index in [2.05, 4.69) is 5.32 Å². The Morgan fingerprint density at radius 1 is 1.20 bits per heavy atom. The van der Waals surface area contributed by atoms with Crippen LogP contribution in [0.4, 0.5) is 0 Å². The van der Waals surface area contributed by atoms with Crippen LogP contribution >= 0.6 is 0 Å². The molecule has 30 heavy (non-hydrogen) atoms. The molecule has 4 aliphatic rings. The second-order valence-corrected chi connectivity index (χ2v) is 8.73. The minimum Gasteiger partial charge on any atom is -0.507 e. The largest absolute Gasteiger partial charge is 0.507 e. The number of carbonyl (C=O) groups is 5. The SMILES string of the molecule is CC(=O)C1C(=O)C2CNC23C(N)C2Cc4cccc(O)c4C(=O)C2C(=O)C3(O)C1=O. The van der Waals surface area contributed by atoms with Crippen molar-refractivity contribution in [1.82, 2.24) is 5.32 Å². The summed E-state index contributed by atoms with van der Waals surface area (Å²) in [7, 11) is 0. The average Bonchev–Trinajstić information content (AvgIpc) is 2.64. The molecule has 5 rings (SSSR count). The smallest absolute Gasteiger partial charge is 0.203 e. The van der Waals surface area contributed by atoms with Crippen LogP contribution in [0.15, 0.2) is 18.2 Å². The first-order chi connectivity index (χ1) is 14.1. The summed E-state index contributed by atoms with van der Waals surface area (Å²) in [4.78, 5) is 64.9. The minimum absolute atomic E-state index is 0.0283. The Hall–Kier alpha value is -2.75. The highest BCUT2D eigenvalue weighted by atomic mass is 16.3. The van der Waals surface area contributed by atoms with Gasteiger partial charge < -0.3 is 21.3 Å². The van der Waals surface area contributed by atoms with Gasteiger partial charge in [-0.25, -0.2) is 0 Å². The quantitative estimate of drug-likeness (QED) is 0.394. The normalized spacial score (nSPS) is 41.9. The summed E-state index contributed by atoms with van der Waals surface area (Å²) >= 11 is 0. The lowest BCUT2D eigenvalue weighted by Crippen LogP contribution is -2.94. The molecule has 1 heterocycles. The van der Waals surface area contributed by atoms with Gasteiger partial charge in [-0.05, 0) is 30.9 Å². The third-order valence-corrected chi connectivity index (χ3v) is 7.57. The predicted molar refractivity (Wildman–Crippen MR) is 99.5 cm³/mol. The molecule has 0 bridgehead atoms. The molecule has 1 spiro atoms. The van der Waals surface area contributed by atoms with Crippen LogP contribution in [0, 0.1) is 23.7 Å². The maximum Gasteiger partial charge on any atom is 0.203 e. The van der Waals surface area contributed by atoms with E-state index in [-0.39, 0.29) is 24.3 Å². The Balaban J connectivity index is 1.72. The Morgan fingerprint density at radius 2 is 1.90 bits per heavy atom. The van der Waals surface area contributed by atoms with Crippen molar-refractivity contribution < 1.29 is 34.2 Å². The van der Waals surface area contributed by atoms with E-state index in [1.807, 2.05) is 0 Å². The van der Waals surface area contributed by atoms with Crippen LogP contribution in [0.3, 0.4) is 0 Å². The fourth-order valence-electron chi connectivity index (χ4n) is 6.15. The Labute approximate surface area is 170 Å². The van der Waals surface area contributed by atoms with E-state index in [0.717, 1.165) is 6.92 Å². The van der Waals surface area contributed by atoms with Crippen molar-refractivity contribution in [3.63, 3.8) is 0 Å². The molecular weight excluding hydrogens is 392 g/mol. The first kappa shape index (κ1) is 19.2. The van der Waals surface area contributed by atoms with Crippen molar-refractivity contribution >= 4 is 28.9 Å². The Bertz CT molecular complexity index is 1080. The highest BCUT2D eigenvalue weighted by molar-refractivity contribution is 6.33. The van der Waals surface area contributed by atoms with Gasteiger partial charge in [0.1, 0.15) is 17.5 Å². The maximum atomic E-state index is 13.6. The lowest BCUT2D eigenvalue weighted by Gasteiger charge is -2.67. The molecule has 0 amide bonds. The van der Waals surface area contributed by atoms with Gasteiger partial charge in [0.05, 0.1) is 22.9 Å². The first-order valence-corrected chi connectivity index (χ1v) is 9.79. The van der Waals surface area contributed by atoms with Gasteiger partial charge in [0.15, 0.2) is 23.1 Å². The van der Waals surface area contributed by atoms with Crippen molar-refractivity contribution in [2.24, 2.45) is 29.4 Å². The number of Topliss-reactive ketones (excluding diaryl/α,β-unsaturated/α-hetero) is 5. The zero-order valence-corrected chi connectivity index (χ0v) is 16.0. The molecule has 1 aromatic carbocycles. The average molecular weight is 412 g/mol. The highest BCUT2D eigenvalue weighted by Gasteiger charge is 2.81. The third-order valence-electron chi connectivity index (χ3n) is 7.57. The van der Waals surface area contributed by atoms with E-state index in [4.69, 9.17) is 5.73 Å². The molecule has 5 N–H and O–H groups in total. The van der Waals surface area contributed by atoms with E-state index in [0.29, 0.717) is 5.56 Å². The van der Waals surface area contributed by atoms with Gasteiger partial charge in [0.2, 0.25) is 5.60 Å². The standard InChI is InChI=1S/C21H20N2O7/c1-7(24)12-15(26)10-6-23-20(10)17(22)9-5-8-3-2-4-11(25)13(8)16(27)14(9)19(29)21(20,30)18(12)28/h2-4,9-10,12,14,17,23,25,30H,5-6,22H2,1H3. The van der Waals surface area contributed by atoms with Crippen LogP contribution < -0.4 is 11.1 Å². The van der Waals surface area contributed by atoms with Gasteiger partial charge in [-0.3, -0.25) is 24.0 Å². The fraction of sp³-hybridized carbons (Fsp3) is 0.476. The number of benzene rings is 1. The molecule has 1 saturated heterocycles. The number of phenolic OH excluding ortho intramolecular Hbond substituents is 1. The summed E-state index contributed by atoms with van der Waals surface area (Å²) in [5, 5.41) is 24.6. The van der Waals surface area contributed by atoms with Gasteiger partial charge >= 0.3 is 0 Å². The van der Waals surface area contributed by atoms with E-state index in [1.165, 1.54) is 6.07 Å². The zero-order valence-electron chi connectivity index (χ0n) is 16.0. The highest BCUT2D eigenvalue weighted by Crippen LogP contribution is 2.55. The Kier molecular flexibility index (Phi) is 3.64. The summed E-state index contributed by atoms with van der Waals surface area (Å²) in [5.74, 6) is -9.70. The maximum absolute atomic E-state index is 13.6. The molecule has 0 aromatic heterocycles. The fourth-order valence-corrected chi connectivity index (χ4v) is 6.15. The number of rotatable bonds is 1. The third kappa shape index (κ3) is 1.82. The topological polar surface area (TPSA) is 164 Å². The second kappa shape index (κ2) is 5.69. The molecule has 3 fully saturated rings. The molecule has 9 nitrogen and oxygen atoms in total. The summed E-state index contributed by atoms with van der Waals surface area (Å²) in [5.41, 5.74) is 2.45. The number of hydrogen-bond acceptors (Lipinski definition) is 9. The van der Waals surface area contributed by atoms with Crippen molar-refractivity contribution in [2.45, 2.75) is 30.5 Å². The molecule has 2 saturated carbocycles. The first-order valence-electron chi connectivity index (χ1n) is 9.79. The number of hydrogen-bond donors (Lipinski definition) is 4. The van der Waals surface area contributed by atoms with Crippen molar-refractivity contribution in [3.8, 4) is 5.75 Å². The van der Waals surface area contributed by atoms with Gasteiger partial charge in [-0.15, -0.1) is 0 Å². The van der Waals surface area contributed by atoms with Crippen LogP contribution in [0.5, 0.6) is 5.75 Å². The number of phenols is 1. The van der Waals surface area contributed by atoms with Gasteiger partial charge in [0, 0.05) is 12.6 Å². The minimum atomic E-state index is -2.78. The number of fused-ring (bicyclic) bond motifs is 2. The number of nitrogens with one attached hydrogen (secondary N) is 1. The molecule has 156 valence electrons. The number of carbonyl (C=O) groups excluding carboxylic acids is 5. The number of aromatic hydroxyl groups is 1. The predicted octanol–water partition coefficient (Wildman–Crippen LogP) is -1.68. The lowest BCUT2D eigenvalue weighted by molar-refractivity contribution is -0.202. The van der Waals surface area contributed by atoms with Crippen molar-refractivity contribution in [1.29, 1.82) is 0 Å². The summed E-state index contributed by atoms with van der Waals surface area (Å²) in [6.07, 6.45) is 0.164. The molecular formula is C21H20N2O7. The molecule has 0 radical (unpaired) electrons. The molecule has 1 aliphatic heterocycles. The summed E-state index contributed by atoms with van der Waals surface area (Å²) < 4.78 is 0. The van der Waals surface area contributed by atoms with E-state index in [9.17, 15) is 34.2 Å². The number of nitrogens with two attached hydrogens (primary N) is 1. The van der Waals surface area contributed by atoms with Crippen LogP contribution in [0.2, 0.25) is 0 Å². The van der Waals surface area contributed by atoms with Crippen LogP contribution in [-0.2, 0) is 25.6 Å². The number of aliphatic hydroxyl groups is 1.